The Kier molecular flexibility index (Phi) is 9.73. The number of carbonyl (C=O) groups is 1. The summed E-state index contributed by atoms with van der Waals surface area (Å²) < 4.78 is 30.6. The van der Waals surface area contributed by atoms with Crippen LogP contribution in [0.2, 0.25) is 0 Å². The second-order valence-electron chi connectivity index (χ2n) is 9.30. The van der Waals surface area contributed by atoms with E-state index in [1.807, 2.05) is 12.1 Å². The summed E-state index contributed by atoms with van der Waals surface area (Å²) in [6.45, 7) is 4.44. The number of allylic oxidation sites excluding steroid dienone is 2. The largest absolute Gasteiger partial charge is 0.469 e. The molecule has 178 valence electrons. The average Bonchev–Trinajstić information content (AvgIpc) is 3.37. The van der Waals surface area contributed by atoms with Crippen LogP contribution in [0.1, 0.15) is 70.3 Å². The Morgan fingerprint density at radius 1 is 1.19 bits per heavy atom. The predicted molar refractivity (Wildman–Crippen MR) is 124 cm³/mol. The van der Waals surface area contributed by atoms with Crippen molar-refractivity contribution in [3.05, 3.63) is 47.8 Å². The fraction of sp³-hybridized carbons (Fsp3) is 0.667. The summed E-state index contributed by atoms with van der Waals surface area (Å²) in [5.41, 5.74) is 1.10. The first-order valence-corrected chi connectivity index (χ1v) is 12.3. The van der Waals surface area contributed by atoms with Crippen molar-refractivity contribution in [1.82, 2.24) is 0 Å². The summed E-state index contributed by atoms with van der Waals surface area (Å²) in [5.74, 6) is 0.390. The smallest absolute Gasteiger partial charge is 0.305 e. The SMILES string of the molecule is CCCCCCOC[C@@H]1[C@@H]2C[C@@](c3ccc(F)cc3)(CO2)[C@H]1C/C=C\CCCC(=O)OC. The molecule has 4 nitrogen and oxygen atoms in total. The van der Waals surface area contributed by atoms with Crippen molar-refractivity contribution in [2.24, 2.45) is 11.8 Å². The number of fused-ring (bicyclic) bond motifs is 2. The van der Waals surface area contributed by atoms with Gasteiger partial charge in [-0.25, -0.2) is 4.39 Å². The summed E-state index contributed by atoms with van der Waals surface area (Å²) >= 11 is 0. The number of halogens is 1. The molecule has 2 bridgehead atoms. The van der Waals surface area contributed by atoms with Crippen LogP contribution in [0.3, 0.4) is 0 Å². The molecule has 4 atom stereocenters. The summed E-state index contributed by atoms with van der Waals surface area (Å²) in [4.78, 5) is 11.3. The third kappa shape index (κ3) is 6.20. The van der Waals surface area contributed by atoms with Crippen LogP contribution in [-0.2, 0) is 24.4 Å². The Labute approximate surface area is 192 Å². The van der Waals surface area contributed by atoms with Gasteiger partial charge in [0.2, 0.25) is 0 Å². The monoisotopic (exact) mass is 446 g/mol. The van der Waals surface area contributed by atoms with E-state index >= 15 is 0 Å². The zero-order valence-electron chi connectivity index (χ0n) is 19.7. The predicted octanol–water partition coefficient (Wildman–Crippen LogP) is 5.98. The molecule has 5 heteroatoms. The minimum absolute atomic E-state index is 0.0784. The summed E-state index contributed by atoms with van der Waals surface area (Å²) in [6, 6.07) is 6.99. The van der Waals surface area contributed by atoms with Gasteiger partial charge in [-0.2, -0.15) is 0 Å². The molecule has 1 aromatic rings. The van der Waals surface area contributed by atoms with Gasteiger partial charge in [0.15, 0.2) is 0 Å². The first kappa shape index (κ1) is 24.9. The quantitative estimate of drug-likeness (QED) is 0.200. The lowest BCUT2D eigenvalue weighted by Gasteiger charge is -2.39. The number of unbranched alkanes of at least 4 members (excludes halogenated alkanes) is 4. The van der Waals surface area contributed by atoms with Gasteiger partial charge in [-0.1, -0.05) is 50.5 Å². The second-order valence-corrected chi connectivity index (χ2v) is 9.30. The standard InChI is InChI=1S/C27H39FO4/c1-3-4-5-10-17-31-19-23-24(11-8-6-7-9-12-26(29)30-2)27(18-25(23)32-20-27)21-13-15-22(28)16-14-21/h6,8,13-16,23-25H,3-5,7,9-12,17-20H2,1-2H3/b8-6-/t23-,24-,25-,27-/m0/s1. The molecule has 2 fully saturated rings. The van der Waals surface area contributed by atoms with Crippen molar-refractivity contribution < 1.29 is 23.4 Å². The van der Waals surface area contributed by atoms with Crippen LogP contribution in [0.5, 0.6) is 0 Å². The lowest BCUT2D eigenvalue weighted by atomic mass is 9.69. The van der Waals surface area contributed by atoms with Gasteiger partial charge in [-0.15, -0.1) is 0 Å². The van der Waals surface area contributed by atoms with E-state index in [4.69, 9.17) is 14.2 Å². The molecule has 0 spiro atoms. The number of rotatable bonds is 14. The van der Waals surface area contributed by atoms with E-state index in [0.29, 0.717) is 24.9 Å². The zero-order valence-corrected chi connectivity index (χ0v) is 19.7. The maximum absolute atomic E-state index is 13.6. The lowest BCUT2D eigenvalue weighted by Crippen LogP contribution is -2.41. The highest BCUT2D eigenvalue weighted by Gasteiger charge is 2.59. The van der Waals surface area contributed by atoms with Crippen molar-refractivity contribution in [2.75, 3.05) is 26.9 Å². The number of ether oxygens (including phenoxy) is 3. The minimum atomic E-state index is -0.201. The molecule has 1 saturated carbocycles. The van der Waals surface area contributed by atoms with Crippen LogP contribution in [0.25, 0.3) is 0 Å². The molecule has 0 aromatic heterocycles. The third-order valence-corrected chi connectivity index (χ3v) is 7.23. The van der Waals surface area contributed by atoms with E-state index < -0.39 is 0 Å². The molecule has 1 heterocycles. The zero-order chi connectivity index (χ0) is 22.8. The van der Waals surface area contributed by atoms with Crippen molar-refractivity contribution in [3.8, 4) is 0 Å². The molecule has 0 radical (unpaired) electrons. The van der Waals surface area contributed by atoms with Gasteiger partial charge in [0, 0.05) is 24.4 Å². The molecule has 0 amide bonds. The molecule has 1 aromatic carbocycles. The van der Waals surface area contributed by atoms with E-state index in [9.17, 15) is 9.18 Å². The van der Waals surface area contributed by atoms with Crippen LogP contribution >= 0.6 is 0 Å². The molecular weight excluding hydrogens is 407 g/mol. The van der Waals surface area contributed by atoms with Crippen molar-refractivity contribution in [1.29, 1.82) is 0 Å². The molecule has 3 rings (SSSR count). The third-order valence-electron chi connectivity index (χ3n) is 7.23. The number of hydrogen-bond donors (Lipinski definition) is 0. The van der Waals surface area contributed by atoms with Gasteiger partial charge < -0.3 is 14.2 Å². The molecule has 32 heavy (non-hydrogen) atoms. The molecule has 1 aliphatic carbocycles. The molecule has 0 N–H and O–H groups in total. The molecular formula is C27H39FO4. The molecule has 1 aliphatic heterocycles. The summed E-state index contributed by atoms with van der Waals surface area (Å²) in [7, 11) is 1.43. The first-order valence-electron chi connectivity index (χ1n) is 12.3. The Hall–Kier alpha value is -1.72. The van der Waals surface area contributed by atoms with Gasteiger partial charge in [0.25, 0.3) is 0 Å². The first-order chi connectivity index (χ1) is 15.6. The highest BCUT2D eigenvalue weighted by atomic mass is 19.1. The van der Waals surface area contributed by atoms with Crippen molar-refractivity contribution in [3.63, 3.8) is 0 Å². The van der Waals surface area contributed by atoms with Gasteiger partial charge in [0.05, 0.1) is 26.4 Å². The van der Waals surface area contributed by atoms with Crippen LogP contribution in [-0.4, -0.2) is 39.0 Å². The van der Waals surface area contributed by atoms with Gasteiger partial charge in [-0.3, -0.25) is 4.79 Å². The molecule has 2 aliphatic rings. The Bertz CT molecular complexity index is 732. The van der Waals surface area contributed by atoms with Gasteiger partial charge in [-0.05, 0) is 55.7 Å². The van der Waals surface area contributed by atoms with E-state index in [0.717, 1.165) is 45.3 Å². The van der Waals surface area contributed by atoms with Crippen LogP contribution in [0, 0.1) is 17.7 Å². The number of methoxy groups -OCH3 is 1. The van der Waals surface area contributed by atoms with E-state index in [2.05, 4.69) is 19.1 Å². The number of carbonyl (C=O) groups excluding carboxylic acids is 1. The van der Waals surface area contributed by atoms with Gasteiger partial charge in [0.1, 0.15) is 5.82 Å². The lowest BCUT2D eigenvalue weighted by molar-refractivity contribution is -0.140. The van der Waals surface area contributed by atoms with E-state index in [-0.39, 0.29) is 23.3 Å². The summed E-state index contributed by atoms with van der Waals surface area (Å²) in [5, 5.41) is 0. The maximum atomic E-state index is 13.6. The second kappa shape index (κ2) is 12.5. The van der Waals surface area contributed by atoms with Crippen molar-refractivity contribution >= 4 is 5.97 Å². The minimum Gasteiger partial charge on any atom is -0.469 e. The van der Waals surface area contributed by atoms with E-state index in [1.165, 1.54) is 31.9 Å². The topological polar surface area (TPSA) is 44.8 Å². The highest BCUT2D eigenvalue weighted by Crippen LogP contribution is 2.56. The summed E-state index contributed by atoms with van der Waals surface area (Å²) in [6.07, 6.45) is 13.5. The van der Waals surface area contributed by atoms with Crippen molar-refractivity contribution in [2.45, 2.75) is 76.2 Å². The molecule has 0 unspecified atom stereocenters. The number of benzene rings is 1. The van der Waals surface area contributed by atoms with Crippen LogP contribution in [0.15, 0.2) is 36.4 Å². The highest BCUT2D eigenvalue weighted by molar-refractivity contribution is 5.69. The number of esters is 1. The Morgan fingerprint density at radius 3 is 2.75 bits per heavy atom. The number of hydrogen-bond acceptors (Lipinski definition) is 4. The fourth-order valence-corrected chi connectivity index (χ4v) is 5.43. The van der Waals surface area contributed by atoms with Crippen LogP contribution in [0.4, 0.5) is 4.39 Å². The van der Waals surface area contributed by atoms with E-state index in [1.54, 1.807) is 12.1 Å². The maximum Gasteiger partial charge on any atom is 0.305 e. The Balaban J connectivity index is 1.63. The normalized spacial score (nSPS) is 26.8. The van der Waals surface area contributed by atoms with Crippen LogP contribution < -0.4 is 0 Å². The average molecular weight is 447 g/mol. The van der Waals surface area contributed by atoms with Gasteiger partial charge >= 0.3 is 5.97 Å². The fourth-order valence-electron chi connectivity index (χ4n) is 5.43. The molecule has 1 saturated heterocycles. The Morgan fingerprint density at radius 2 is 2.00 bits per heavy atom.